The van der Waals surface area contributed by atoms with Crippen molar-refractivity contribution >= 4 is 23.5 Å². The monoisotopic (exact) mass is 431 g/mol. The Kier molecular flexibility index (Phi) is 4.82. The minimum absolute atomic E-state index is 0.0505. The van der Waals surface area contributed by atoms with Gasteiger partial charge in [-0.25, -0.2) is 0 Å². The van der Waals surface area contributed by atoms with Crippen LogP contribution in [0.15, 0.2) is 23.0 Å². The van der Waals surface area contributed by atoms with Gasteiger partial charge in [-0.1, -0.05) is 6.07 Å². The molecule has 1 saturated heterocycles. The molecule has 160 valence electrons. The van der Waals surface area contributed by atoms with Crippen molar-refractivity contribution in [3.63, 3.8) is 0 Å². The van der Waals surface area contributed by atoms with Crippen LogP contribution in [-0.4, -0.2) is 46.9 Å². The maximum Gasteiger partial charge on any atom is 0.270 e. The van der Waals surface area contributed by atoms with E-state index < -0.39 is 0 Å². The van der Waals surface area contributed by atoms with Gasteiger partial charge in [0.1, 0.15) is 19.0 Å². The Balaban J connectivity index is 1.58. The lowest BCUT2D eigenvalue weighted by atomic mass is 9.94. The first kappa shape index (κ1) is 19.6. The number of hydrogen-bond donors (Lipinski definition) is 2. The average molecular weight is 432 g/mol. The van der Waals surface area contributed by atoms with Crippen LogP contribution in [0.1, 0.15) is 49.1 Å². The first-order valence-corrected chi connectivity index (χ1v) is 11.3. The molecular weight excluding hydrogens is 406 g/mol. The SMILES string of the molecule is CC1(C)C[C@H](n2[nH]c(=O)c3c2NC(=O)CS[C@@H]3c2ccc3c(c2)OCCO3)CCO1. The zero-order valence-electron chi connectivity index (χ0n) is 17.0. The van der Waals surface area contributed by atoms with Crippen molar-refractivity contribution in [3.8, 4) is 11.5 Å². The number of anilines is 1. The number of hydrogen-bond acceptors (Lipinski definition) is 6. The molecule has 2 atom stereocenters. The van der Waals surface area contributed by atoms with Crippen molar-refractivity contribution in [3.05, 3.63) is 39.7 Å². The molecule has 0 spiro atoms. The molecule has 2 N–H and O–H groups in total. The normalized spacial score (nSPS) is 25.2. The van der Waals surface area contributed by atoms with E-state index in [9.17, 15) is 9.59 Å². The Morgan fingerprint density at radius 3 is 2.73 bits per heavy atom. The van der Waals surface area contributed by atoms with Crippen LogP contribution < -0.4 is 20.3 Å². The van der Waals surface area contributed by atoms with Gasteiger partial charge >= 0.3 is 0 Å². The number of H-pyrrole nitrogens is 1. The smallest absolute Gasteiger partial charge is 0.270 e. The zero-order valence-corrected chi connectivity index (χ0v) is 17.8. The summed E-state index contributed by atoms with van der Waals surface area (Å²) in [6.45, 7) is 5.73. The highest BCUT2D eigenvalue weighted by Crippen LogP contribution is 2.44. The van der Waals surface area contributed by atoms with Crippen molar-refractivity contribution in [2.24, 2.45) is 0 Å². The molecule has 1 fully saturated rings. The van der Waals surface area contributed by atoms with E-state index in [2.05, 4.69) is 10.4 Å². The van der Waals surface area contributed by atoms with Crippen LogP contribution in [0.5, 0.6) is 11.5 Å². The summed E-state index contributed by atoms with van der Waals surface area (Å²) in [5.41, 5.74) is 1.03. The summed E-state index contributed by atoms with van der Waals surface area (Å²) >= 11 is 1.45. The highest BCUT2D eigenvalue weighted by molar-refractivity contribution is 8.00. The van der Waals surface area contributed by atoms with E-state index >= 15 is 0 Å². The summed E-state index contributed by atoms with van der Waals surface area (Å²) in [5.74, 6) is 2.10. The van der Waals surface area contributed by atoms with Gasteiger partial charge in [0.25, 0.3) is 5.56 Å². The first-order chi connectivity index (χ1) is 14.4. The fraction of sp³-hybridized carbons (Fsp3) is 0.524. The van der Waals surface area contributed by atoms with Crippen LogP contribution in [0.4, 0.5) is 5.82 Å². The van der Waals surface area contributed by atoms with Crippen LogP contribution in [0.3, 0.4) is 0 Å². The maximum atomic E-state index is 13.1. The van der Waals surface area contributed by atoms with E-state index in [4.69, 9.17) is 14.2 Å². The van der Waals surface area contributed by atoms with Gasteiger partial charge in [-0.2, -0.15) is 0 Å². The van der Waals surface area contributed by atoms with Crippen molar-refractivity contribution in [1.29, 1.82) is 0 Å². The lowest BCUT2D eigenvalue weighted by molar-refractivity contribution is -0.113. The third kappa shape index (κ3) is 3.50. The number of nitrogens with zero attached hydrogens (tertiary/aromatic N) is 1. The minimum Gasteiger partial charge on any atom is -0.486 e. The molecule has 3 aliphatic rings. The Bertz CT molecular complexity index is 1040. The second-order valence-corrected chi connectivity index (χ2v) is 9.56. The predicted octanol–water partition coefficient (Wildman–Crippen LogP) is 2.85. The summed E-state index contributed by atoms with van der Waals surface area (Å²) in [7, 11) is 0. The number of benzene rings is 1. The van der Waals surface area contributed by atoms with Gasteiger partial charge < -0.3 is 19.5 Å². The number of ether oxygens (including phenoxy) is 3. The molecule has 3 aliphatic heterocycles. The van der Waals surface area contributed by atoms with Crippen molar-refractivity contribution < 1.29 is 19.0 Å². The minimum atomic E-state index is -0.285. The van der Waals surface area contributed by atoms with E-state index in [0.717, 1.165) is 18.4 Å². The zero-order chi connectivity index (χ0) is 20.9. The molecule has 5 rings (SSSR count). The van der Waals surface area contributed by atoms with Crippen molar-refractivity contribution in [2.45, 2.75) is 43.6 Å². The van der Waals surface area contributed by atoms with Gasteiger partial charge in [-0.3, -0.25) is 19.4 Å². The predicted molar refractivity (Wildman–Crippen MR) is 114 cm³/mol. The van der Waals surface area contributed by atoms with Gasteiger partial charge in [0.2, 0.25) is 5.91 Å². The quantitative estimate of drug-likeness (QED) is 0.759. The summed E-state index contributed by atoms with van der Waals surface area (Å²) in [4.78, 5) is 25.6. The lowest BCUT2D eigenvalue weighted by Crippen LogP contribution is -2.36. The third-order valence-corrected chi connectivity index (χ3v) is 7.04. The van der Waals surface area contributed by atoms with Gasteiger partial charge in [-0.05, 0) is 44.4 Å². The van der Waals surface area contributed by atoms with Crippen LogP contribution in [0.25, 0.3) is 0 Å². The van der Waals surface area contributed by atoms with E-state index in [1.165, 1.54) is 11.8 Å². The molecule has 0 saturated carbocycles. The molecule has 4 heterocycles. The summed E-state index contributed by atoms with van der Waals surface area (Å²) < 4.78 is 19.0. The molecule has 1 amide bonds. The van der Waals surface area contributed by atoms with Gasteiger partial charge in [0.15, 0.2) is 11.5 Å². The molecule has 1 aromatic carbocycles. The highest BCUT2D eigenvalue weighted by Gasteiger charge is 2.36. The number of thioether (sulfide) groups is 1. The number of nitrogens with one attached hydrogen (secondary N) is 2. The highest BCUT2D eigenvalue weighted by atomic mass is 32.2. The molecule has 0 bridgehead atoms. The third-order valence-electron chi connectivity index (χ3n) is 5.77. The molecular formula is C21H25N3O5S. The number of carbonyl (C=O) groups excluding carboxylic acids is 1. The van der Waals surface area contributed by atoms with Crippen LogP contribution >= 0.6 is 11.8 Å². The van der Waals surface area contributed by atoms with Gasteiger partial charge in [-0.15, -0.1) is 11.8 Å². The van der Waals surface area contributed by atoms with E-state index in [-0.39, 0.29) is 34.1 Å². The van der Waals surface area contributed by atoms with Gasteiger partial charge in [0.05, 0.1) is 28.2 Å². The van der Waals surface area contributed by atoms with Crippen molar-refractivity contribution in [1.82, 2.24) is 9.78 Å². The first-order valence-electron chi connectivity index (χ1n) is 10.2. The Labute approximate surface area is 178 Å². The topological polar surface area (TPSA) is 94.6 Å². The second kappa shape index (κ2) is 7.39. The average Bonchev–Trinajstić information content (AvgIpc) is 2.92. The Hall–Kier alpha value is -2.39. The molecule has 2 aromatic rings. The molecule has 0 unspecified atom stereocenters. The molecule has 0 aliphatic carbocycles. The number of fused-ring (bicyclic) bond motifs is 2. The Morgan fingerprint density at radius 1 is 1.13 bits per heavy atom. The summed E-state index contributed by atoms with van der Waals surface area (Å²) in [5, 5.41) is 5.68. The largest absolute Gasteiger partial charge is 0.486 e. The fourth-order valence-electron chi connectivity index (χ4n) is 4.42. The van der Waals surface area contributed by atoms with E-state index in [0.29, 0.717) is 42.7 Å². The molecule has 8 nitrogen and oxygen atoms in total. The molecule has 30 heavy (non-hydrogen) atoms. The molecule has 1 aromatic heterocycles. The number of aromatic nitrogens is 2. The van der Waals surface area contributed by atoms with Crippen LogP contribution in [-0.2, 0) is 9.53 Å². The van der Waals surface area contributed by atoms with Crippen LogP contribution in [0.2, 0.25) is 0 Å². The van der Waals surface area contributed by atoms with Gasteiger partial charge in [0, 0.05) is 6.61 Å². The van der Waals surface area contributed by atoms with Crippen LogP contribution in [0, 0.1) is 0 Å². The summed E-state index contributed by atoms with van der Waals surface area (Å²) in [6, 6.07) is 5.78. The standard InChI is InChI=1S/C21H25N3O5S/c1-21(2)10-13(5-6-29-21)24-19-17(20(26)23-24)18(30-11-16(25)22-19)12-3-4-14-15(9-12)28-8-7-27-14/h3-4,9,13,18H,5-8,10-11H2,1-2H3,(H,22,25)(H,23,26)/t13-,18-/m1/s1. The maximum absolute atomic E-state index is 13.1. The van der Waals surface area contributed by atoms with E-state index in [1.807, 2.05) is 36.7 Å². The number of carbonyl (C=O) groups is 1. The Morgan fingerprint density at radius 2 is 1.93 bits per heavy atom. The lowest BCUT2D eigenvalue weighted by Gasteiger charge is -2.36. The molecule has 0 radical (unpaired) electrons. The summed E-state index contributed by atoms with van der Waals surface area (Å²) in [6.07, 6.45) is 1.53. The number of amides is 1. The number of rotatable bonds is 2. The fourth-order valence-corrected chi connectivity index (χ4v) is 5.54. The van der Waals surface area contributed by atoms with E-state index in [1.54, 1.807) is 0 Å². The molecule has 9 heteroatoms. The number of aromatic amines is 1. The second-order valence-electron chi connectivity index (χ2n) is 8.47. The van der Waals surface area contributed by atoms with Crippen molar-refractivity contribution in [2.75, 3.05) is 30.9 Å².